The molecule has 1 saturated carbocycles. The lowest BCUT2D eigenvalue weighted by atomic mass is 9.84. The maximum Gasteiger partial charge on any atom is 0.244 e. The highest BCUT2D eigenvalue weighted by molar-refractivity contribution is 7.89. The zero-order valence-electron chi connectivity index (χ0n) is 11.6. The third-order valence-corrected chi connectivity index (χ3v) is 4.90. The molecule has 0 bridgehead atoms. The molecule has 3 unspecified atom stereocenters. The van der Waals surface area contributed by atoms with Crippen molar-refractivity contribution in [3.63, 3.8) is 0 Å². The fourth-order valence-electron chi connectivity index (χ4n) is 2.27. The monoisotopic (exact) mass is 300 g/mol. The minimum Gasteiger partial charge on any atom is -0.495 e. The minimum atomic E-state index is -3.68. The first kappa shape index (κ1) is 15.2. The van der Waals surface area contributed by atoms with Crippen molar-refractivity contribution in [2.24, 2.45) is 5.73 Å². The van der Waals surface area contributed by atoms with Gasteiger partial charge >= 0.3 is 0 Å². The molecule has 6 nitrogen and oxygen atoms in total. The lowest BCUT2D eigenvalue weighted by molar-refractivity contribution is -0.0248. The quantitative estimate of drug-likeness (QED) is 0.797. The molecule has 0 heterocycles. The number of ether oxygens (including phenoxy) is 2. The summed E-state index contributed by atoms with van der Waals surface area (Å²) in [4.78, 5) is 0.108. The Bertz CT molecular complexity index is 559. The summed E-state index contributed by atoms with van der Waals surface area (Å²) in [5.74, 6) is 0.306. The Hall–Kier alpha value is -1.15. The minimum absolute atomic E-state index is 0.108. The molecular formula is C13H20N2O4S. The highest BCUT2D eigenvalue weighted by atomic mass is 32.2. The number of methoxy groups -OCH3 is 1. The summed E-state index contributed by atoms with van der Waals surface area (Å²) in [6.45, 7) is 2.40. The van der Waals surface area contributed by atoms with E-state index in [-0.39, 0.29) is 17.0 Å². The van der Waals surface area contributed by atoms with Gasteiger partial charge in [-0.1, -0.05) is 12.1 Å². The lowest BCUT2D eigenvalue weighted by Gasteiger charge is -2.42. The summed E-state index contributed by atoms with van der Waals surface area (Å²) in [7, 11) is -2.25. The number of nitrogens with one attached hydrogen (secondary N) is 1. The van der Waals surface area contributed by atoms with Gasteiger partial charge in [-0.05, 0) is 25.5 Å². The average Bonchev–Trinajstić information content (AvgIpc) is 2.45. The molecule has 1 aliphatic rings. The van der Waals surface area contributed by atoms with Crippen molar-refractivity contribution in [1.82, 2.24) is 4.72 Å². The molecule has 2 rings (SSSR count). The predicted octanol–water partition coefficient (Wildman–Crippen LogP) is 0.478. The smallest absolute Gasteiger partial charge is 0.244 e. The normalized spacial score (nSPS) is 26.1. The molecular weight excluding hydrogens is 280 g/mol. The molecule has 1 fully saturated rings. The van der Waals surface area contributed by atoms with Gasteiger partial charge in [0.2, 0.25) is 10.0 Å². The van der Waals surface area contributed by atoms with Crippen LogP contribution in [0.2, 0.25) is 0 Å². The number of hydrogen-bond donors (Lipinski definition) is 2. The third kappa shape index (κ3) is 2.95. The zero-order chi connectivity index (χ0) is 14.8. The molecule has 1 aromatic carbocycles. The SMILES string of the molecule is CCOC1CC(N)C1NS(=O)(=O)c1ccccc1OC. The molecule has 7 heteroatoms. The number of nitrogens with two attached hydrogens (primary N) is 1. The first-order valence-electron chi connectivity index (χ1n) is 6.52. The van der Waals surface area contributed by atoms with Crippen molar-refractivity contribution < 1.29 is 17.9 Å². The first-order chi connectivity index (χ1) is 9.49. The maximum absolute atomic E-state index is 12.4. The molecule has 0 aromatic heterocycles. The van der Waals surface area contributed by atoms with E-state index < -0.39 is 16.1 Å². The Morgan fingerprint density at radius 2 is 2.10 bits per heavy atom. The Morgan fingerprint density at radius 1 is 1.40 bits per heavy atom. The van der Waals surface area contributed by atoms with E-state index in [0.717, 1.165) is 0 Å². The second-order valence-corrected chi connectivity index (χ2v) is 6.37. The van der Waals surface area contributed by atoms with Gasteiger partial charge in [0.15, 0.2) is 0 Å². The van der Waals surface area contributed by atoms with Gasteiger partial charge in [-0.3, -0.25) is 0 Å². The van der Waals surface area contributed by atoms with Crippen molar-refractivity contribution in [1.29, 1.82) is 0 Å². The van der Waals surface area contributed by atoms with Crippen LogP contribution in [0.3, 0.4) is 0 Å². The number of benzene rings is 1. The number of sulfonamides is 1. The van der Waals surface area contributed by atoms with Gasteiger partial charge in [0.1, 0.15) is 10.6 Å². The largest absolute Gasteiger partial charge is 0.495 e. The van der Waals surface area contributed by atoms with Crippen LogP contribution in [0.5, 0.6) is 5.75 Å². The van der Waals surface area contributed by atoms with Gasteiger partial charge in [0.05, 0.1) is 19.3 Å². The van der Waals surface area contributed by atoms with Crippen LogP contribution in [0.1, 0.15) is 13.3 Å². The van der Waals surface area contributed by atoms with Crippen molar-refractivity contribution >= 4 is 10.0 Å². The van der Waals surface area contributed by atoms with Gasteiger partial charge in [0, 0.05) is 12.6 Å². The van der Waals surface area contributed by atoms with Crippen LogP contribution in [0, 0.1) is 0 Å². The topological polar surface area (TPSA) is 90.6 Å². The molecule has 0 amide bonds. The predicted molar refractivity (Wildman–Crippen MR) is 75.1 cm³/mol. The molecule has 112 valence electrons. The van der Waals surface area contributed by atoms with Crippen LogP contribution < -0.4 is 15.2 Å². The molecule has 0 spiro atoms. The van der Waals surface area contributed by atoms with Crippen LogP contribution in [-0.4, -0.2) is 40.3 Å². The molecule has 1 aromatic rings. The Labute approximate surface area is 119 Å². The summed E-state index contributed by atoms with van der Waals surface area (Å²) in [5, 5.41) is 0. The summed E-state index contributed by atoms with van der Waals surface area (Å²) in [6, 6.07) is 5.85. The van der Waals surface area contributed by atoms with Crippen LogP contribution in [0.4, 0.5) is 0 Å². The maximum atomic E-state index is 12.4. The fourth-order valence-corrected chi connectivity index (χ4v) is 3.76. The molecule has 20 heavy (non-hydrogen) atoms. The molecule has 0 aliphatic heterocycles. The second kappa shape index (κ2) is 6.09. The van der Waals surface area contributed by atoms with Crippen LogP contribution >= 0.6 is 0 Å². The number of rotatable bonds is 6. The van der Waals surface area contributed by atoms with Crippen molar-refractivity contribution in [2.45, 2.75) is 36.4 Å². The van der Waals surface area contributed by atoms with Crippen LogP contribution in [-0.2, 0) is 14.8 Å². The van der Waals surface area contributed by atoms with Crippen molar-refractivity contribution in [3.8, 4) is 5.75 Å². The number of hydrogen-bond acceptors (Lipinski definition) is 5. The van der Waals surface area contributed by atoms with Gasteiger partial charge < -0.3 is 15.2 Å². The van der Waals surface area contributed by atoms with E-state index in [1.165, 1.54) is 13.2 Å². The Balaban J connectivity index is 2.19. The van der Waals surface area contributed by atoms with Crippen molar-refractivity contribution in [2.75, 3.05) is 13.7 Å². The van der Waals surface area contributed by atoms with Crippen LogP contribution in [0.25, 0.3) is 0 Å². The molecule has 3 atom stereocenters. The highest BCUT2D eigenvalue weighted by Gasteiger charge is 2.42. The molecule has 3 N–H and O–H groups in total. The Kier molecular flexibility index (Phi) is 4.64. The second-order valence-electron chi connectivity index (χ2n) is 4.69. The number of para-hydroxylation sites is 1. The summed E-state index contributed by atoms with van der Waals surface area (Å²) in [6.07, 6.45) is 0.493. The molecule has 0 saturated heterocycles. The van der Waals surface area contributed by atoms with E-state index in [2.05, 4.69) is 4.72 Å². The standard InChI is InChI=1S/C13H20N2O4S/c1-3-19-11-8-9(14)13(11)15-20(16,17)12-7-5-4-6-10(12)18-2/h4-7,9,11,13,15H,3,8,14H2,1-2H3. The van der Waals surface area contributed by atoms with Gasteiger partial charge in [-0.2, -0.15) is 0 Å². The van der Waals surface area contributed by atoms with Gasteiger partial charge in [-0.25, -0.2) is 13.1 Å². The highest BCUT2D eigenvalue weighted by Crippen LogP contribution is 2.27. The summed E-state index contributed by atoms with van der Waals surface area (Å²) < 4.78 is 38.0. The van der Waals surface area contributed by atoms with Gasteiger partial charge in [0.25, 0.3) is 0 Å². The van der Waals surface area contributed by atoms with E-state index in [1.807, 2.05) is 6.92 Å². The first-order valence-corrected chi connectivity index (χ1v) is 8.00. The third-order valence-electron chi connectivity index (χ3n) is 3.40. The average molecular weight is 300 g/mol. The van der Waals surface area contributed by atoms with Gasteiger partial charge in [-0.15, -0.1) is 0 Å². The van der Waals surface area contributed by atoms with E-state index in [4.69, 9.17) is 15.2 Å². The summed E-state index contributed by atoms with van der Waals surface area (Å²) >= 11 is 0. The molecule has 1 aliphatic carbocycles. The fraction of sp³-hybridized carbons (Fsp3) is 0.538. The van der Waals surface area contributed by atoms with E-state index >= 15 is 0 Å². The zero-order valence-corrected chi connectivity index (χ0v) is 12.4. The lowest BCUT2D eigenvalue weighted by Crippen LogP contribution is -2.64. The molecule has 0 radical (unpaired) electrons. The van der Waals surface area contributed by atoms with Crippen LogP contribution in [0.15, 0.2) is 29.2 Å². The van der Waals surface area contributed by atoms with E-state index in [9.17, 15) is 8.42 Å². The Morgan fingerprint density at radius 3 is 2.70 bits per heavy atom. The van der Waals surface area contributed by atoms with Crippen molar-refractivity contribution in [3.05, 3.63) is 24.3 Å². The van der Waals surface area contributed by atoms with E-state index in [1.54, 1.807) is 18.2 Å². The van der Waals surface area contributed by atoms with E-state index in [0.29, 0.717) is 18.8 Å². The summed E-state index contributed by atoms with van der Waals surface area (Å²) in [5.41, 5.74) is 5.86.